The van der Waals surface area contributed by atoms with Gasteiger partial charge in [0.25, 0.3) is 5.91 Å². The maximum Gasteiger partial charge on any atom is 0.356 e. The molecule has 0 aliphatic carbocycles. The number of carbonyl (C=O) groups is 3. The molecule has 6 rings (SSSR count). The Morgan fingerprint density at radius 1 is 0.977 bits per heavy atom. The maximum absolute atomic E-state index is 14.1. The highest BCUT2D eigenvalue weighted by Gasteiger charge is 2.54. The Morgan fingerprint density at radius 2 is 1.60 bits per heavy atom. The number of aromatic nitrogens is 1. The molecule has 9 heteroatoms. The maximum atomic E-state index is 14.1. The second-order valence-electron chi connectivity index (χ2n) is 10.2. The van der Waals surface area contributed by atoms with E-state index in [0.717, 1.165) is 27.3 Å². The van der Waals surface area contributed by atoms with Crippen molar-refractivity contribution in [1.82, 2.24) is 15.2 Å². The highest BCUT2D eigenvalue weighted by Crippen LogP contribution is 2.42. The van der Waals surface area contributed by atoms with E-state index >= 15 is 0 Å². The van der Waals surface area contributed by atoms with E-state index in [1.807, 2.05) is 110 Å². The molecule has 1 N–H and O–H groups in total. The minimum Gasteiger partial charge on any atom is -0.448 e. The van der Waals surface area contributed by atoms with Crippen LogP contribution in [-0.4, -0.2) is 44.8 Å². The van der Waals surface area contributed by atoms with Gasteiger partial charge in [0.15, 0.2) is 6.10 Å². The summed E-state index contributed by atoms with van der Waals surface area (Å²) in [6, 6.07) is 27.8. The third kappa shape index (κ3) is 6.18. The number of ether oxygens (including phenoxy) is 1. The Bertz CT molecular complexity index is 1650. The van der Waals surface area contributed by atoms with Crippen LogP contribution in [0, 0.1) is 6.92 Å². The van der Waals surface area contributed by atoms with E-state index in [0.29, 0.717) is 11.3 Å². The average molecular weight is 608 g/mol. The van der Waals surface area contributed by atoms with Crippen LogP contribution >= 0.6 is 23.1 Å². The van der Waals surface area contributed by atoms with E-state index < -0.39 is 23.5 Å². The van der Waals surface area contributed by atoms with Gasteiger partial charge in [0.05, 0.1) is 17.6 Å². The standard InChI is InChI=1S/C34H29N3O4S2/c1-22-27(43-21-35-22)18-17-26-20-42-33-29(36-28(38)19-23-11-5-2-6-12-23)32(39)37(33)30(26)34(40)41-31(24-13-7-3-8-14-24)25-15-9-4-10-16-25/h2-18,21,29,31,33H,19-20H2,1H3,(H,36,38)/b18-17-/t29-,33-/m1/s1. The van der Waals surface area contributed by atoms with Crippen molar-refractivity contribution in [2.24, 2.45) is 0 Å². The molecular formula is C34H29N3O4S2. The lowest BCUT2D eigenvalue weighted by Gasteiger charge is -2.49. The Kier molecular flexibility index (Phi) is 8.53. The van der Waals surface area contributed by atoms with E-state index in [9.17, 15) is 14.4 Å². The number of thioether (sulfide) groups is 1. The minimum absolute atomic E-state index is 0.171. The van der Waals surface area contributed by atoms with Crippen molar-refractivity contribution in [2.75, 3.05) is 5.75 Å². The summed E-state index contributed by atoms with van der Waals surface area (Å²) in [6.45, 7) is 1.93. The SMILES string of the molecule is Cc1ncsc1/C=C\C1=C(C(=O)OC(c2ccccc2)c2ccccc2)N2C(=O)[C@@H](NC(=O)Cc3ccccc3)[C@H]2SC1. The number of rotatable bonds is 9. The van der Waals surface area contributed by atoms with Gasteiger partial charge in [0.2, 0.25) is 5.91 Å². The largest absolute Gasteiger partial charge is 0.448 e. The fourth-order valence-electron chi connectivity index (χ4n) is 5.16. The lowest BCUT2D eigenvalue weighted by Crippen LogP contribution is -2.70. The van der Waals surface area contributed by atoms with Crippen LogP contribution in [0.5, 0.6) is 0 Å². The molecule has 0 radical (unpaired) electrons. The number of nitrogens with zero attached hydrogens (tertiary/aromatic N) is 2. The molecule has 3 aromatic carbocycles. The molecular weight excluding hydrogens is 579 g/mol. The van der Waals surface area contributed by atoms with E-state index in [2.05, 4.69) is 10.3 Å². The number of hydrogen-bond donors (Lipinski definition) is 1. The molecule has 216 valence electrons. The summed E-state index contributed by atoms with van der Waals surface area (Å²) < 4.78 is 6.22. The molecule has 43 heavy (non-hydrogen) atoms. The number of hydrogen-bond acceptors (Lipinski definition) is 7. The zero-order valence-corrected chi connectivity index (χ0v) is 25.0. The van der Waals surface area contributed by atoms with E-state index in [-0.39, 0.29) is 23.9 Å². The predicted octanol–water partition coefficient (Wildman–Crippen LogP) is 5.69. The second kappa shape index (κ2) is 12.8. The third-order valence-corrected chi connectivity index (χ3v) is 9.56. The molecule has 2 aliphatic rings. The minimum atomic E-state index is -0.725. The van der Waals surface area contributed by atoms with Crippen molar-refractivity contribution in [2.45, 2.75) is 30.9 Å². The van der Waals surface area contributed by atoms with E-state index in [1.165, 1.54) is 28.0 Å². The van der Waals surface area contributed by atoms with Crippen molar-refractivity contribution in [3.05, 3.63) is 141 Å². The van der Waals surface area contributed by atoms with Gasteiger partial charge in [-0.25, -0.2) is 9.78 Å². The molecule has 0 bridgehead atoms. The van der Waals surface area contributed by atoms with Crippen LogP contribution in [0.25, 0.3) is 6.08 Å². The van der Waals surface area contributed by atoms with Gasteiger partial charge in [-0.2, -0.15) is 0 Å². The summed E-state index contributed by atoms with van der Waals surface area (Å²) in [5.74, 6) is -0.690. The summed E-state index contributed by atoms with van der Waals surface area (Å²) in [4.78, 5) is 47.3. The first-order valence-corrected chi connectivity index (χ1v) is 15.8. The number of nitrogens with one attached hydrogen (secondary N) is 1. The van der Waals surface area contributed by atoms with E-state index in [1.54, 1.807) is 5.51 Å². The molecule has 7 nitrogen and oxygen atoms in total. The molecule has 2 amide bonds. The van der Waals surface area contributed by atoms with Crippen molar-refractivity contribution in [1.29, 1.82) is 0 Å². The normalized spacial score (nSPS) is 18.0. The molecule has 0 spiro atoms. The van der Waals surface area contributed by atoms with Crippen molar-refractivity contribution >= 4 is 47.0 Å². The van der Waals surface area contributed by atoms with Gasteiger partial charge < -0.3 is 10.1 Å². The van der Waals surface area contributed by atoms with Gasteiger partial charge >= 0.3 is 5.97 Å². The van der Waals surface area contributed by atoms with Crippen LogP contribution in [0.1, 0.15) is 33.4 Å². The first-order chi connectivity index (χ1) is 21.0. The van der Waals surface area contributed by atoms with Gasteiger partial charge in [0.1, 0.15) is 17.1 Å². The Hall–Kier alpha value is -4.47. The number of amides is 2. The summed E-state index contributed by atoms with van der Waals surface area (Å²) in [5.41, 5.74) is 6.06. The Morgan fingerprint density at radius 3 is 2.21 bits per heavy atom. The van der Waals surface area contributed by atoms with Gasteiger partial charge in [-0.1, -0.05) is 97.1 Å². The third-order valence-electron chi connectivity index (χ3n) is 7.36. The topological polar surface area (TPSA) is 88.6 Å². The van der Waals surface area contributed by atoms with Gasteiger partial charge in [-0.15, -0.1) is 23.1 Å². The molecule has 2 atom stereocenters. The molecule has 2 aliphatic heterocycles. The van der Waals surface area contributed by atoms with Crippen LogP contribution in [0.4, 0.5) is 0 Å². The molecule has 1 saturated heterocycles. The van der Waals surface area contributed by atoms with Crippen LogP contribution in [0.3, 0.4) is 0 Å². The number of benzene rings is 3. The van der Waals surface area contributed by atoms with E-state index in [4.69, 9.17) is 4.74 Å². The fraction of sp³-hybridized carbons (Fsp3) is 0.176. The van der Waals surface area contributed by atoms with Crippen LogP contribution in [0.2, 0.25) is 0 Å². The number of β-lactam (4-membered cyclic amide) rings is 1. The van der Waals surface area contributed by atoms with Gasteiger partial charge in [0, 0.05) is 10.6 Å². The van der Waals surface area contributed by atoms with Crippen LogP contribution in [-0.2, 0) is 25.5 Å². The first kappa shape index (κ1) is 28.6. The van der Waals surface area contributed by atoms with Crippen molar-refractivity contribution < 1.29 is 19.1 Å². The molecule has 0 saturated carbocycles. The molecule has 3 heterocycles. The molecule has 4 aromatic rings. The number of aryl methyl sites for hydroxylation is 1. The van der Waals surface area contributed by atoms with Crippen molar-refractivity contribution in [3.8, 4) is 0 Å². The smallest absolute Gasteiger partial charge is 0.356 e. The van der Waals surface area contributed by atoms with Gasteiger partial charge in [-0.3, -0.25) is 14.5 Å². The number of carbonyl (C=O) groups excluding carboxylic acids is 3. The average Bonchev–Trinajstić information content (AvgIpc) is 3.46. The number of fused-ring (bicyclic) bond motifs is 1. The fourth-order valence-corrected chi connectivity index (χ4v) is 7.17. The summed E-state index contributed by atoms with van der Waals surface area (Å²) in [6.07, 6.45) is 3.30. The molecule has 0 unspecified atom stereocenters. The van der Waals surface area contributed by atoms with Gasteiger partial charge in [-0.05, 0) is 35.3 Å². The summed E-state index contributed by atoms with van der Waals surface area (Å²) >= 11 is 3.02. The predicted molar refractivity (Wildman–Crippen MR) is 169 cm³/mol. The van der Waals surface area contributed by atoms with Crippen LogP contribution < -0.4 is 5.32 Å². The molecule has 1 fully saturated rings. The highest BCUT2D eigenvalue weighted by atomic mass is 32.2. The zero-order chi connectivity index (χ0) is 29.8. The number of allylic oxidation sites excluding steroid dienone is 1. The first-order valence-electron chi connectivity index (χ1n) is 13.9. The quantitative estimate of drug-likeness (QED) is 0.194. The Balaban J connectivity index is 1.29. The monoisotopic (exact) mass is 607 g/mol. The Labute approximate surface area is 258 Å². The summed E-state index contributed by atoms with van der Waals surface area (Å²) in [7, 11) is 0. The van der Waals surface area contributed by atoms with Crippen molar-refractivity contribution in [3.63, 3.8) is 0 Å². The lowest BCUT2D eigenvalue weighted by atomic mass is 10.00. The second-order valence-corrected chi connectivity index (χ2v) is 12.2. The highest BCUT2D eigenvalue weighted by molar-refractivity contribution is 8.00. The summed E-state index contributed by atoms with van der Waals surface area (Å²) in [5, 5.41) is 2.48. The van der Waals surface area contributed by atoms with Crippen LogP contribution in [0.15, 0.2) is 114 Å². The molecule has 1 aromatic heterocycles. The lowest BCUT2D eigenvalue weighted by molar-refractivity contribution is -0.154. The number of thiazole rings is 1. The number of esters is 1. The zero-order valence-electron chi connectivity index (χ0n) is 23.4.